The molecule has 3 aromatic rings. The second kappa shape index (κ2) is 9.78. The molecule has 0 saturated heterocycles. The van der Waals surface area contributed by atoms with Crippen LogP contribution in [0.4, 0.5) is 11.4 Å². The highest BCUT2D eigenvalue weighted by Crippen LogP contribution is 2.21. The molecule has 3 rings (SSSR count). The standard InChI is InChI=1S/C22H21BrN2O2/c23-20-8-4-5-9-21(20)24-16-22(26)25-18-10-12-19(13-11-18)27-15-14-17-6-2-1-3-7-17/h1-13,24H,14-16H2,(H,25,26). The number of para-hydroxylation sites is 1. The van der Waals surface area contributed by atoms with Crippen molar-refractivity contribution in [3.63, 3.8) is 0 Å². The Balaban J connectivity index is 1.43. The normalized spacial score (nSPS) is 10.3. The van der Waals surface area contributed by atoms with Crippen molar-refractivity contribution in [3.05, 3.63) is 88.9 Å². The van der Waals surface area contributed by atoms with E-state index in [0.717, 1.165) is 28.0 Å². The van der Waals surface area contributed by atoms with E-state index in [0.29, 0.717) is 6.61 Å². The molecule has 0 aliphatic rings. The zero-order chi connectivity index (χ0) is 18.9. The summed E-state index contributed by atoms with van der Waals surface area (Å²) in [5.74, 6) is 0.679. The van der Waals surface area contributed by atoms with Crippen molar-refractivity contribution in [1.29, 1.82) is 0 Å². The topological polar surface area (TPSA) is 50.4 Å². The summed E-state index contributed by atoms with van der Waals surface area (Å²) in [6.45, 7) is 0.809. The molecule has 5 heteroatoms. The number of rotatable bonds is 8. The largest absolute Gasteiger partial charge is 0.493 e. The van der Waals surface area contributed by atoms with E-state index in [9.17, 15) is 4.79 Å². The maximum Gasteiger partial charge on any atom is 0.243 e. The zero-order valence-corrected chi connectivity index (χ0v) is 16.4. The summed E-state index contributed by atoms with van der Waals surface area (Å²) < 4.78 is 6.68. The van der Waals surface area contributed by atoms with Crippen LogP contribution >= 0.6 is 15.9 Å². The van der Waals surface area contributed by atoms with Crippen molar-refractivity contribution in [2.75, 3.05) is 23.8 Å². The lowest BCUT2D eigenvalue weighted by molar-refractivity contribution is -0.114. The minimum Gasteiger partial charge on any atom is -0.493 e. The summed E-state index contributed by atoms with van der Waals surface area (Å²) in [4.78, 5) is 12.1. The number of carbonyl (C=O) groups is 1. The van der Waals surface area contributed by atoms with Crippen molar-refractivity contribution in [1.82, 2.24) is 0 Å². The molecule has 0 saturated carbocycles. The Labute approximate surface area is 167 Å². The second-order valence-corrected chi connectivity index (χ2v) is 6.84. The molecule has 27 heavy (non-hydrogen) atoms. The number of nitrogens with one attached hydrogen (secondary N) is 2. The Morgan fingerprint density at radius 2 is 1.59 bits per heavy atom. The summed E-state index contributed by atoms with van der Waals surface area (Å²) in [6.07, 6.45) is 0.861. The molecule has 0 bridgehead atoms. The van der Waals surface area contributed by atoms with E-state index in [4.69, 9.17) is 4.74 Å². The predicted molar refractivity (Wildman–Crippen MR) is 113 cm³/mol. The maximum absolute atomic E-state index is 12.1. The van der Waals surface area contributed by atoms with Crippen LogP contribution in [0.3, 0.4) is 0 Å². The first-order valence-corrected chi connectivity index (χ1v) is 9.55. The predicted octanol–water partition coefficient (Wildman–Crippen LogP) is 5.12. The molecule has 0 heterocycles. The number of ether oxygens (including phenoxy) is 1. The monoisotopic (exact) mass is 424 g/mol. The minimum atomic E-state index is -0.108. The van der Waals surface area contributed by atoms with E-state index in [1.54, 1.807) is 0 Å². The van der Waals surface area contributed by atoms with Crippen LogP contribution in [0, 0.1) is 0 Å². The Kier molecular flexibility index (Phi) is 6.88. The fourth-order valence-electron chi connectivity index (χ4n) is 2.55. The first-order chi connectivity index (χ1) is 13.2. The lowest BCUT2D eigenvalue weighted by Gasteiger charge is -2.10. The molecule has 138 valence electrons. The van der Waals surface area contributed by atoms with Crippen molar-refractivity contribution < 1.29 is 9.53 Å². The van der Waals surface area contributed by atoms with Crippen LogP contribution in [0.2, 0.25) is 0 Å². The molecule has 3 aromatic carbocycles. The molecular weight excluding hydrogens is 404 g/mol. The first kappa shape index (κ1) is 19.0. The van der Waals surface area contributed by atoms with E-state index in [-0.39, 0.29) is 12.5 Å². The molecule has 0 fully saturated rings. The van der Waals surface area contributed by atoms with Gasteiger partial charge in [0.25, 0.3) is 0 Å². The summed E-state index contributed by atoms with van der Waals surface area (Å²) in [5, 5.41) is 5.97. The number of benzene rings is 3. The van der Waals surface area contributed by atoms with Gasteiger partial charge in [0.1, 0.15) is 5.75 Å². The van der Waals surface area contributed by atoms with Crippen LogP contribution in [0.5, 0.6) is 5.75 Å². The highest BCUT2D eigenvalue weighted by Gasteiger charge is 2.04. The summed E-state index contributed by atoms with van der Waals surface area (Å²) in [7, 11) is 0. The molecule has 4 nitrogen and oxygen atoms in total. The highest BCUT2D eigenvalue weighted by molar-refractivity contribution is 9.10. The highest BCUT2D eigenvalue weighted by atomic mass is 79.9. The third-order valence-corrected chi connectivity index (χ3v) is 4.65. The van der Waals surface area contributed by atoms with Gasteiger partial charge in [-0.25, -0.2) is 0 Å². The third-order valence-electron chi connectivity index (χ3n) is 3.95. The number of amides is 1. The second-order valence-electron chi connectivity index (χ2n) is 5.99. The summed E-state index contributed by atoms with van der Waals surface area (Å²) in [5.41, 5.74) is 2.87. The van der Waals surface area contributed by atoms with Gasteiger partial charge in [-0.3, -0.25) is 4.79 Å². The van der Waals surface area contributed by atoms with E-state index < -0.39 is 0 Å². The van der Waals surface area contributed by atoms with Gasteiger partial charge < -0.3 is 15.4 Å². The van der Waals surface area contributed by atoms with Gasteiger partial charge in [-0.15, -0.1) is 0 Å². The van der Waals surface area contributed by atoms with Crippen LogP contribution in [0.25, 0.3) is 0 Å². The van der Waals surface area contributed by atoms with E-state index in [2.05, 4.69) is 38.7 Å². The molecule has 2 N–H and O–H groups in total. The van der Waals surface area contributed by atoms with Gasteiger partial charge in [0.15, 0.2) is 0 Å². The number of carbonyl (C=O) groups excluding carboxylic acids is 1. The van der Waals surface area contributed by atoms with Gasteiger partial charge in [-0.1, -0.05) is 42.5 Å². The van der Waals surface area contributed by atoms with Gasteiger partial charge in [-0.05, 0) is 57.9 Å². The lowest BCUT2D eigenvalue weighted by Crippen LogP contribution is -2.21. The first-order valence-electron chi connectivity index (χ1n) is 8.76. The molecule has 0 unspecified atom stereocenters. The van der Waals surface area contributed by atoms with Gasteiger partial charge in [-0.2, -0.15) is 0 Å². The molecule has 0 aromatic heterocycles. The molecule has 0 aliphatic heterocycles. The Morgan fingerprint density at radius 3 is 2.33 bits per heavy atom. The lowest BCUT2D eigenvalue weighted by atomic mass is 10.2. The maximum atomic E-state index is 12.1. The van der Waals surface area contributed by atoms with Crippen molar-refractivity contribution >= 4 is 33.2 Å². The number of hydrogen-bond acceptors (Lipinski definition) is 3. The van der Waals surface area contributed by atoms with Crippen molar-refractivity contribution in [2.24, 2.45) is 0 Å². The van der Waals surface area contributed by atoms with Crippen molar-refractivity contribution in [3.8, 4) is 5.75 Å². The van der Waals surface area contributed by atoms with Gasteiger partial charge in [0.2, 0.25) is 5.91 Å². The molecule has 1 amide bonds. The van der Waals surface area contributed by atoms with Crippen molar-refractivity contribution in [2.45, 2.75) is 6.42 Å². The zero-order valence-electron chi connectivity index (χ0n) is 14.8. The molecule has 0 aliphatic carbocycles. The smallest absolute Gasteiger partial charge is 0.243 e. The van der Waals surface area contributed by atoms with Crippen LogP contribution in [-0.4, -0.2) is 19.1 Å². The summed E-state index contributed by atoms with van der Waals surface area (Å²) >= 11 is 3.45. The average Bonchev–Trinajstić information content (AvgIpc) is 2.69. The summed E-state index contributed by atoms with van der Waals surface area (Å²) in [6, 6.07) is 25.3. The average molecular weight is 425 g/mol. The molecular formula is C22H21BrN2O2. The number of anilines is 2. The SMILES string of the molecule is O=C(CNc1ccccc1Br)Nc1ccc(OCCc2ccccc2)cc1. The number of hydrogen-bond donors (Lipinski definition) is 2. The van der Waals surface area contributed by atoms with Gasteiger partial charge in [0, 0.05) is 22.3 Å². The fourth-order valence-corrected chi connectivity index (χ4v) is 2.98. The fraction of sp³-hybridized carbons (Fsp3) is 0.136. The molecule has 0 radical (unpaired) electrons. The Morgan fingerprint density at radius 1 is 0.889 bits per heavy atom. The van der Waals surface area contributed by atoms with Crippen LogP contribution in [0.1, 0.15) is 5.56 Å². The molecule has 0 atom stereocenters. The van der Waals surface area contributed by atoms with E-state index in [1.165, 1.54) is 5.56 Å². The third kappa shape index (κ3) is 6.15. The Bertz CT molecular complexity index is 867. The molecule has 0 spiro atoms. The number of halogens is 1. The van der Waals surface area contributed by atoms with Crippen LogP contribution < -0.4 is 15.4 Å². The minimum absolute atomic E-state index is 0.108. The van der Waals surface area contributed by atoms with E-state index in [1.807, 2.05) is 66.7 Å². The van der Waals surface area contributed by atoms with Gasteiger partial charge in [0.05, 0.1) is 13.2 Å². The van der Waals surface area contributed by atoms with Gasteiger partial charge >= 0.3 is 0 Å². The quantitative estimate of drug-likeness (QED) is 0.527. The van der Waals surface area contributed by atoms with E-state index >= 15 is 0 Å². The Hall–Kier alpha value is -2.79. The van der Waals surface area contributed by atoms with Crippen LogP contribution in [0.15, 0.2) is 83.3 Å². The van der Waals surface area contributed by atoms with Crippen LogP contribution in [-0.2, 0) is 11.2 Å².